The Morgan fingerprint density at radius 2 is 1.80 bits per heavy atom. The summed E-state index contributed by atoms with van der Waals surface area (Å²) in [6.45, 7) is 3.38. The van der Waals surface area contributed by atoms with Crippen LogP contribution in [0.4, 0.5) is 0 Å². The monoisotopic (exact) mass is 279 g/mol. The molecule has 1 aromatic carbocycles. The van der Waals surface area contributed by atoms with Crippen LogP contribution < -0.4 is 10.1 Å². The van der Waals surface area contributed by atoms with Gasteiger partial charge in [0.2, 0.25) is 5.91 Å². The van der Waals surface area contributed by atoms with Crippen molar-refractivity contribution in [3.63, 3.8) is 0 Å². The fraction of sp³-hybridized carbons (Fsp3) is 0.467. The molecule has 0 unspecified atom stereocenters. The summed E-state index contributed by atoms with van der Waals surface area (Å²) in [6.07, 6.45) is 0.255. The van der Waals surface area contributed by atoms with Crippen molar-refractivity contribution >= 4 is 11.7 Å². The predicted octanol–water partition coefficient (Wildman–Crippen LogP) is 1.55. The van der Waals surface area contributed by atoms with Gasteiger partial charge in [-0.2, -0.15) is 0 Å². The van der Waals surface area contributed by atoms with Crippen molar-refractivity contribution in [2.45, 2.75) is 32.3 Å². The minimum absolute atomic E-state index is 0.0916. The molecule has 0 spiro atoms. The van der Waals surface area contributed by atoms with E-state index in [2.05, 4.69) is 5.32 Å². The number of methoxy groups -OCH3 is 1. The highest BCUT2D eigenvalue weighted by Gasteiger charge is 2.15. The third-order valence-electron chi connectivity index (χ3n) is 2.71. The van der Waals surface area contributed by atoms with Crippen LogP contribution in [0.1, 0.15) is 37.0 Å². The van der Waals surface area contributed by atoms with E-state index in [0.717, 1.165) is 0 Å². The van der Waals surface area contributed by atoms with E-state index >= 15 is 0 Å². The van der Waals surface area contributed by atoms with Gasteiger partial charge in [-0.15, -0.1) is 0 Å². The molecule has 5 heteroatoms. The van der Waals surface area contributed by atoms with Crippen LogP contribution in [0.25, 0.3) is 0 Å². The van der Waals surface area contributed by atoms with E-state index in [0.29, 0.717) is 11.3 Å². The van der Waals surface area contributed by atoms with E-state index in [1.165, 1.54) is 0 Å². The minimum atomic E-state index is -0.949. The van der Waals surface area contributed by atoms with Gasteiger partial charge >= 0.3 is 0 Å². The fourth-order valence-electron chi connectivity index (χ4n) is 1.55. The van der Waals surface area contributed by atoms with Gasteiger partial charge in [0.15, 0.2) is 5.78 Å². The maximum Gasteiger partial charge on any atom is 0.220 e. The zero-order chi connectivity index (χ0) is 15.2. The highest BCUT2D eigenvalue weighted by atomic mass is 16.5. The third-order valence-corrected chi connectivity index (χ3v) is 2.71. The second-order valence-corrected chi connectivity index (χ2v) is 5.24. The largest absolute Gasteiger partial charge is 0.497 e. The van der Waals surface area contributed by atoms with Crippen LogP contribution in [0.5, 0.6) is 5.75 Å². The molecule has 0 bridgehead atoms. The van der Waals surface area contributed by atoms with E-state index < -0.39 is 5.60 Å². The molecule has 5 nitrogen and oxygen atoms in total. The van der Waals surface area contributed by atoms with Crippen molar-refractivity contribution in [1.82, 2.24) is 5.32 Å². The van der Waals surface area contributed by atoms with E-state index in [9.17, 15) is 14.7 Å². The van der Waals surface area contributed by atoms with E-state index in [-0.39, 0.29) is 31.1 Å². The van der Waals surface area contributed by atoms with Gasteiger partial charge in [-0.1, -0.05) is 0 Å². The molecule has 1 amide bonds. The lowest BCUT2D eigenvalue weighted by Crippen LogP contribution is -2.38. The number of carbonyl (C=O) groups excluding carboxylic acids is 2. The quantitative estimate of drug-likeness (QED) is 0.742. The Balaban J connectivity index is 2.40. The summed E-state index contributed by atoms with van der Waals surface area (Å²) in [6, 6.07) is 6.77. The number of hydrogen-bond acceptors (Lipinski definition) is 4. The summed E-state index contributed by atoms with van der Waals surface area (Å²) in [7, 11) is 1.56. The van der Waals surface area contributed by atoms with E-state index in [1.54, 1.807) is 45.2 Å². The van der Waals surface area contributed by atoms with Crippen molar-refractivity contribution < 1.29 is 19.4 Å². The van der Waals surface area contributed by atoms with Crippen LogP contribution in [0.3, 0.4) is 0 Å². The molecule has 0 saturated carbocycles. The van der Waals surface area contributed by atoms with Crippen molar-refractivity contribution in [1.29, 1.82) is 0 Å². The lowest BCUT2D eigenvalue weighted by Gasteiger charge is -2.17. The Kier molecular flexibility index (Phi) is 5.70. The molecule has 0 saturated heterocycles. The fourth-order valence-corrected chi connectivity index (χ4v) is 1.55. The summed E-state index contributed by atoms with van der Waals surface area (Å²) in [5.74, 6) is 0.351. The molecule has 0 aliphatic carbocycles. The van der Waals surface area contributed by atoms with Crippen LogP contribution >= 0.6 is 0 Å². The highest BCUT2D eigenvalue weighted by Crippen LogP contribution is 2.13. The normalized spacial score (nSPS) is 11.0. The first-order valence-electron chi connectivity index (χ1n) is 6.48. The lowest BCUT2D eigenvalue weighted by atomic mass is 10.1. The van der Waals surface area contributed by atoms with Crippen LogP contribution in [0.2, 0.25) is 0 Å². The Labute approximate surface area is 118 Å². The van der Waals surface area contributed by atoms with Crippen LogP contribution in [0, 0.1) is 0 Å². The number of nitrogens with one attached hydrogen (secondary N) is 1. The zero-order valence-electron chi connectivity index (χ0n) is 12.1. The third kappa shape index (κ3) is 5.84. The summed E-state index contributed by atoms with van der Waals surface area (Å²) in [5.41, 5.74) is -0.392. The number of Topliss-reactive ketones (excluding diaryl/α,β-unsaturated/α-hetero) is 1. The summed E-state index contributed by atoms with van der Waals surface area (Å²) in [4.78, 5) is 23.4. The van der Waals surface area contributed by atoms with E-state index in [1.807, 2.05) is 0 Å². The Morgan fingerprint density at radius 3 is 2.30 bits per heavy atom. The van der Waals surface area contributed by atoms with Gasteiger partial charge in [0.1, 0.15) is 5.75 Å². The van der Waals surface area contributed by atoms with Crippen molar-refractivity contribution in [3.8, 4) is 5.75 Å². The first-order valence-corrected chi connectivity index (χ1v) is 6.48. The van der Waals surface area contributed by atoms with Crippen molar-refractivity contribution in [2.24, 2.45) is 0 Å². The molecule has 0 atom stereocenters. The average molecular weight is 279 g/mol. The molecule has 1 rings (SSSR count). The molecule has 20 heavy (non-hydrogen) atoms. The zero-order valence-corrected chi connectivity index (χ0v) is 12.1. The van der Waals surface area contributed by atoms with Crippen LogP contribution in [-0.4, -0.2) is 36.1 Å². The summed E-state index contributed by atoms with van der Waals surface area (Å²) >= 11 is 0. The van der Waals surface area contributed by atoms with Gasteiger partial charge in [0, 0.05) is 24.9 Å². The number of ether oxygens (including phenoxy) is 1. The number of benzene rings is 1. The number of amides is 1. The van der Waals surface area contributed by atoms with Crippen molar-refractivity contribution in [3.05, 3.63) is 29.8 Å². The molecule has 0 heterocycles. The first kappa shape index (κ1) is 16.2. The van der Waals surface area contributed by atoms with Gasteiger partial charge in [0.05, 0.1) is 12.7 Å². The minimum Gasteiger partial charge on any atom is -0.497 e. The van der Waals surface area contributed by atoms with Gasteiger partial charge < -0.3 is 15.2 Å². The molecule has 0 aliphatic heterocycles. The van der Waals surface area contributed by atoms with Gasteiger partial charge in [-0.3, -0.25) is 9.59 Å². The molecule has 1 aromatic rings. The van der Waals surface area contributed by atoms with Gasteiger partial charge in [-0.05, 0) is 38.1 Å². The number of carbonyl (C=O) groups is 2. The second kappa shape index (κ2) is 7.05. The van der Waals surface area contributed by atoms with Gasteiger partial charge in [-0.25, -0.2) is 0 Å². The maximum absolute atomic E-state index is 11.9. The Morgan fingerprint density at radius 1 is 1.20 bits per heavy atom. The van der Waals surface area contributed by atoms with Crippen LogP contribution in [0.15, 0.2) is 24.3 Å². The first-order chi connectivity index (χ1) is 9.31. The Bertz CT molecular complexity index is 460. The second-order valence-electron chi connectivity index (χ2n) is 5.24. The highest BCUT2D eigenvalue weighted by molar-refractivity contribution is 5.98. The molecule has 0 fully saturated rings. The molecule has 0 radical (unpaired) electrons. The summed E-state index contributed by atoms with van der Waals surface area (Å²) in [5, 5.41) is 12.1. The SMILES string of the molecule is COc1ccc(C(=O)CCC(=O)NCC(C)(C)O)cc1. The molecular weight excluding hydrogens is 258 g/mol. The van der Waals surface area contributed by atoms with Crippen molar-refractivity contribution in [2.75, 3.05) is 13.7 Å². The summed E-state index contributed by atoms with van der Waals surface area (Å²) < 4.78 is 5.01. The maximum atomic E-state index is 11.9. The lowest BCUT2D eigenvalue weighted by molar-refractivity contribution is -0.122. The molecule has 110 valence electrons. The topological polar surface area (TPSA) is 75.6 Å². The number of hydrogen-bond donors (Lipinski definition) is 2. The smallest absolute Gasteiger partial charge is 0.220 e. The molecular formula is C15H21NO4. The molecule has 0 aromatic heterocycles. The number of ketones is 1. The molecule has 2 N–H and O–H groups in total. The number of aliphatic hydroxyl groups is 1. The molecule has 0 aliphatic rings. The van der Waals surface area contributed by atoms with Crippen LogP contribution in [-0.2, 0) is 4.79 Å². The Hall–Kier alpha value is -1.88. The van der Waals surface area contributed by atoms with E-state index in [4.69, 9.17) is 4.74 Å². The van der Waals surface area contributed by atoms with Gasteiger partial charge in [0.25, 0.3) is 0 Å². The standard InChI is InChI=1S/C15H21NO4/c1-15(2,19)10-16-14(18)9-8-13(17)11-4-6-12(20-3)7-5-11/h4-7,19H,8-10H2,1-3H3,(H,16,18). The number of rotatable bonds is 7. The average Bonchev–Trinajstić information content (AvgIpc) is 2.41. The predicted molar refractivity (Wildman–Crippen MR) is 75.9 cm³/mol.